The van der Waals surface area contributed by atoms with Crippen LogP contribution in [0, 0.1) is 5.82 Å². The first-order valence-electron chi connectivity index (χ1n) is 10.0. The maximum atomic E-state index is 13.1. The van der Waals surface area contributed by atoms with E-state index in [2.05, 4.69) is 15.7 Å². The van der Waals surface area contributed by atoms with Crippen molar-refractivity contribution in [1.29, 1.82) is 0 Å². The quantitative estimate of drug-likeness (QED) is 0.362. The van der Waals surface area contributed by atoms with Crippen LogP contribution in [0.3, 0.4) is 0 Å². The van der Waals surface area contributed by atoms with E-state index in [1.54, 1.807) is 49.6 Å². The number of amides is 2. The molecule has 0 aliphatic carbocycles. The van der Waals surface area contributed by atoms with Gasteiger partial charge in [0.2, 0.25) is 0 Å². The van der Waals surface area contributed by atoms with Crippen molar-refractivity contribution in [2.45, 2.75) is 6.54 Å². The topological polar surface area (TPSA) is 94.2 Å². The summed E-state index contributed by atoms with van der Waals surface area (Å²) in [7, 11) is 1.58. The van der Waals surface area contributed by atoms with Gasteiger partial charge in [0.05, 0.1) is 17.8 Å². The lowest BCUT2D eigenvalue weighted by atomic mass is 10.1. The molecule has 0 unspecified atom stereocenters. The summed E-state index contributed by atoms with van der Waals surface area (Å²) in [5, 5.41) is 10.6. The van der Waals surface area contributed by atoms with Gasteiger partial charge in [-0.05, 0) is 54.1 Å². The first-order valence-corrected chi connectivity index (χ1v) is 10.4. The molecule has 0 aliphatic heterocycles. The number of nitrogens with two attached hydrogens (primary N) is 1. The van der Waals surface area contributed by atoms with Gasteiger partial charge in [-0.1, -0.05) is 35.9 Å². The molecule has 4 aromatic rings. The number of urea groups is 1. The molecule has 33 heavy (non-hydrogen) atoms. The minimum atomic E-state index is -0.487. The van der Waals surface area contributed by atoms with E-state index in [1.165, 1.54) is 16.8 Å². The minimum absolute atomic E-state index is 0.211. The average Bonchev–Trinajstić information content (AvgIpc) is 3.15. The smallest absolute Gasteiger partial charge is 0.319 e. The molecule has 3 aromatic carbocycles. The molecule has 7 nitrogen and oxygen atoms in total. The van der Waals surface area contributed by atoms with E-state index >= 15 is 0 Å². The van der Waals surface area contributed by atoms with E-state index < -0.39 is 6.03 Å². The van der Waals surface area contributed by atoms with Crippen LogP contribution in [0.5, 0.6) is 5.75 Å². The summed E-state index contributed by atoms with van der Waals surface area (Å²) in [5.74, 6) is 0.557. The van der Waals surface area contributed by atoms with Crippen molar-refractivity contribution in [3.63, 3.8) is 0 Å². The second-order valence-electron chi connectivity index (χ2n) is 7.13. The molecule has 0 radical (unpaired) electrons. The Bertz CT molecular complexity index is 1270. The van der Waals surface area contributed by atoms with Crippen LogP contribution in [-0.4, -0.2) is 22.9 Å². The van der Waals surface area contributed by atoms with Crippen LogP contribution in [0.25, 0.3) is 16.9 Å². The van der Waals surface area contributed by atoms with Crippen LogP contribution in [-0.2, 0) is 6.54 Å². The summed E-state index contributed by atoms with van der Waals surface area (Å²) in [6, 6.07) is 19.7. The number of nitrogens with one attached hydrogen (secondary N) is 2. The van der Waals surface area contributed by atoms with E-state index in [0.717, 1.165) is 11.1 Å². The van der Waals surface area contributed by atoms with Gasteiger partial charge in [-0.15, -0.1) is 0 Å². The van der Waals surface area contributed by atoms with Gasteiger partial charge in [0.25, 0.3) is 0 Å². The molecule has 0 spiro atoms. The second-order valence-corrected chi connectivity index (χ2v) is 7.54. The zero-order valence-electron chi connectivity index (χ0n) is 17.7. The number of aromatic nitrogens is 2. The van der Waals surface area contributed by atoms with Crippen LogP contribution >= 0.6 is 11.6 Å². The number of carbonyl (C=O) groups is 1. The Kier molecular flexibility index (Phi) is 6.46. The number of para-hydroxylation sites is 1. The highest BCUT2D eigenvalue weighted by molar-refractivity contribution is 6.32. The monoisotopic (exact) mass is 465 g/mol. The number of carbonyl (C=O) groups excluding carboxylic acids is 1. The SMILES string of the molecule is COc1ccc(-c2nn(-c3ccccc3Cl)c(N)c2NC(=O)NCc2ccc(F)cc2)cc1. The molecule has 0 atom stereocenters. The molecule has 1 aromatic heterocycles. The average molecular weight is 466 g/mol. The van der Waals surface area contributed by atoms with Gasteiger partial charge in [-0.2, -0.15) is 5.10 Å². The van der Waals surface area contributed by atoms with E-state index in [4.69, 9.17) is 22.1 Å². The Labute approximate surface area is 194 Å². The number of ether oxygens (including phenoxy) is 1. The van der Waals surface area contributed by atoms with Crippen molar-refractivity contribution in [1.82, 2.24) is 15.1 Å². The Hall–Kier alpha value is -4.04. The molecule has 0 fully saturated rings. The summed E-state index contributed by atoms with van der Waals surface area (Å²) in [6.07, 6.45) is 0. The normalized spacial score (nSPS) is 10.6. The van der Waals surface area contributed by atoms with Gasteiger partial charge in [-0.3, -0.25) is 0 Å². The number of halogens is 2. The van der Waals surface area contributed by atoms with Crippen LogP contribution < -0.4 is 21.1 Å². The summed E-state index contributed by atoms with van der Waals surface area (Å²) >= 11 is 6.35. The Morgan fingerprint density at radius 2 is 1.79 bits per heavy atom. The van der Waals surface area contributed by atoms with Gasteiger partial charge in [0, 0.05) is 12.1 Å². The summed E-state index contributed by atoms with van der Waals surface area (Å²) < 4.78 is 19.8. The molecule has 9 heteroatoms. The van der Waals surface area contributed by atoms with E-state index in [9.17, 15) is 9.18 Å². The first kappa shape index (κ1) is 22.2. The van der Waals surface area contributed by atoms with E-state index in [-0.39, 0.29) is 18.2 Å². The Morgan fingerprint density at radius 1 is 1.09 bits per heavy atom. The molecule has 4 N–H and O–H groups in total. The Morgan fingerprint density at radius 3 is 2.45 bits per heavy atom. The number of anilines is 2. The van der Waals surface area contributed by atoms with Crippen molar-refractivity contribution < 1.29 is 13.9 Å². The lowest BCUT2D eigenvalue weighted by Gasteiger charge is -2.10. The number of hydrogen-bond donors (Lipinski definition) is 3. The fourth-order valence-electron chi connectivity index (χ4n) is 3.25. The van der Waals surface area contributed by atoms with Gasteiger partial charge >= 0.3 is 6.03 Å². The molecule has 0 saturated carbocycles. The highest BCUT2D eigenvalue weighted by atomic mass is 35.5. The third-order valence-corrected chi connectivity index (χ3v) is 5.29. The Balaban J connectivity index is 1.66. The third kappa shape index (κ3) is 4.91. The molecule has 0 saturated heterocycles. The highest BCUT2D eigenvalue weighted by Gasteiger charge is 2.21. The predicted molar refractivity (Wildman–Crippen MR) is 127 cm³/mol. The van der Waals surface area contributed by atoms with Crippen molar-refractivity contribution in [2.24, 2.45) is 0 Å². The number of methoxy groups -OCH3 is 1. The molecule has 0 bridgehead atoms. The molecular formula is C24H21ClFN5O2. The van der Waals surface area contributed by atoms with Gasteiger partial charge in [-0.25, -0.2) is 13.9 Å². The van der Waals surface area contributed by atoms with Crippen molar-refractivity contribution >= 4 is 29.1 Å². The molecule has 1 heterocycles. The maximum Gasteiger partial charge on any atom is 0.319 e. The van der Waals surface area contributed by atoms with Gasteiger partial charge < -0.3 is 21.1 Å². The molecular weight excluding hydrogens is 445 g/mol. The fourth-order valence-corrected chi connectivity index (χ4v) is 3.47. The lowest BCUT2D eigenvalue weighted by Crippen LogP contribution is -2.28. The summed E-state index contributed by atoms with van der Waals surface area (Å²) in [6.45, 7) is 0.211. The number of hydrogen-bond acceptors (Lipinski definition) is 4. The highest BCUT2D eigenvalue weighted by Crippen LogP contribution is 2.36. The second kappa shape index (κ2) is 9.62. The van der Waals surface area contributed by atoms with Crippen LogP contribution in [0.4, 0.5) is 20.7 Å². The van der Waals surface area contributed by atoms with Crippen molar-refractivity contribution in [3.05, 3.63) is 89.2 Å². The van der Waals surface area contributed by atoms with Crippen molar-refractivity contribution in [3.8, 4) is 22.7 Å². The van der Waals surface area contributed by atoms with Crippen LogP contribution in [0.15, 0.2) is 72.8 Å². The number of nitrogens with zero attached hydrogens (tertiary/aromatic N) is 2. The van der Waals surface area contributed by atoms with E-state index in [0.29, 0.717) is 27.8 Å². The number of rotatable bonds is 6. The summed E-state index contributed by atoms with van der Waals surface area (Å²) in [4.78, 5) is 12.7. The largest absolute Gasteiger partial charge is 0.497 e. The van der Waals surface area contributed by atoms with Gasteiger partial charge in [0.15, 0.2) is 5.82 Å². The molecule has 2 amide bonds. The molecule has 168 valence electrons. The van der Waals surface area contributed by atoms with Crippen LogP contribution in [0.2, 0.25) is 5.02 Å². The van der Waals surface area contributed by atoms with Gasteiger partial charge in [0.1, 0.15) is 22.9 Å². The predicted octanol–water partition coefficient (Wildman–Crippen LogP) is 5.24. The standard InChI is InChI=1S/C24H21ClFN5O2/c1-33-18-12-8-16(9-13-18)21-22(23(27)31(30-21)20-5-3-2-4-19(20)25)29-24(32)28-14-15-6-10-17(26)11-7-15/h2-13H,14,27H2,1H3,(H2,28,29,32). The zero-order valence-corrected chi connectivity index (χ0v) is 18.4. The zero-order chi connectivity index (χ0) is 23.4. The molecule has 0 aliphatic rings. The first-order chi connectivity index (χ1) is 16.0. The minimum Gasteiger partial charge on any atom is -0.497 e. The van der Waals surface area contributed by atoms with Crippen molar-refractivity contribution in [2.75, 3.05) is 18.2 Å². The molecule has 4 rings (SSSR count). The third-order valence-electron chi connectivity index (χ3n) is 4.97. The lowest BCUT2D eigenvalue weighted by molar-refractivity contribution is 0.252. The number of benzene rings is 3. The fraction of sp³-hybridized carbons (Fsp3) is 0.0833. The summed E-state index contributed by atoms with van der Waals surface area (Å²) in [5.41, 5.74) is 9.25. The van der Waals surface area contributed by atoms with Crippen LogP contribution in [0.1, 0.15) is 5.56 Å². The van der Waals surface area contributed by atoms with E-state index in [1.807, 2.05) is 18.2 Å². The number of nitrogen functional groups attached to an aromatic ring is 1. The maximum absolute atomic E-state index is 13.1.